The zero-order valence-electron chi connectivity index (χ0n) is 12.7. The molecule has 0 heterocycles. The van der Waals surface area contributed by atoms with Gasteiger partial charge < -0.3 is 0 Å². The van der Waals surface area contributed by atoms with E-state index in [1.165, 1.54) is 27.5 Å². The summed E-state index contributed by atoms with van der Waals surface area (Å²) >= 11 is 12.8. The highest BCUT2D eigenvalue weighted by Gasteiger charge is 2.35. The van der Waals surface area contributed by atoms with Crippen molar-refractivity contribution >= 4 is 32.7 Å². The Bertz CT molecular complexity index is 572. The van der Waals surface area contributed by atoms with Crippen LogP contribution in [-0.2, 0) is 0 Å². The summed E-state index contributed by atoms with van der Waals surface area (Å²) in [6, 6.07) is 0. The molecule has 0 radical (unpaired) electrons. The molecule has 0 saturated carbocycles. The number of hydrogen-bond donors (Lipinski definition) is 0. The summed E-state index contributed by atoms with van der Waals surface area (Å²) in [6.07, 6.45) is 0.946. The lowest BCUT2D eigenvalue weighted by molar-refractivity contribution is 0.576. The fourth-order valence-corrected chi connectivity index (χ4v) is 6.31. The average molecular weight is 313 g/mol. The summed E-state index contributed by atoms with van der Waals surface area (Å²) < 4.78 is 0. The normalized spacial score (nSPS) is 24.0. The standard InChI is InChI=1S/C16H22Cl2Si/c1-8-7-12(17)9(2)13(8)19-14-10(3)15(18)16(5,6)11(14)4/h7,19H2,1-6H3. The number of hydrogen-bond acceptors (Lipinski definition) is 0. The third-order valence-corrected chi connectivity index (χ3v) is 8.94. The van der Waals surface area contributed by atoms with E-state index in [9.17, 15) is 0 Å². The minimum atomic E-state index is -0.483. The van der Waals surface area contributed by atoms with E-state index in [-0.39, 0.29) is 5.41 Å². The van der Waals surface area contributed by atoms with E-state index in [1.54, 1.807) is 5.20 Å². The van der Waals surface area contributed by atoms with E-state index in [1.807, 2.05) is 0 Å². The summed E-state index contributed by atoms with van der Waals surface area (Å²) in [7, 11) is -0.483. The molecule has 2 aliphatic rings. The Morgan fingerprint density at radius 2 is 1.53 bits per heavy atom. The molecule has 0 aromatic rings. The fraction of sp³-hybridized carbons (Fsp3) is 0.500. The lowest BCUT2D eigenvalue weighted by atomic mass is 9.88. The topological polar surface area (TPSA) is 0 Å². The molecule has 0 spiro atoms. The van der Waals surface area contributed by atoms with Crippen LogP contribution < -0.4 is 0 Å². The second-order valence-electron chi connectivity index (χ2n) is 6.31. The number of allylic oxidation sites excluding steroid dienone is 8. The molecule has 2 aliphatic carbocycles. The molecule has 0 aromatic carbocycles. The van der Waals surface area contributed by atoms with E-state index < -0.39 is 9.52 Å². The maximum atomic E-state index is 6.54. The lowest BCUT2D eigenvalue weighted by Crippen LogP contribution is -2.11. The van der Waals surface area contributed by atoms with E-state index in [0.29, 0.717) is 0 Å². The maximum absolute atomic E-state index is 6.54. The van der Waals surface area contributed by atoms with Crippen LogP contribution >= 0.6 is 23.2 Å². The van der Waals surface area contributed by atoms with Gasteiger partial charge in [-0.05, 0) is 38.8 Å². The fourth-order valence-electron chi connectivity index (χ4n) is 3.11. The lowest BCUT2D eigenvalue weighted by Gasteiger charge is -2.21. The van der Waals surface area contributed by atoms with Crippen molar-refractivity contribution in [1.29, 1.82) is 0 Å². The van der Waals surface area contributed by atoms with Gasteiger partial charge in [-0.25, -0.2) is 0 Å². The Balaban J connectivity index is 2.41. The van der Waals surface area contributed by atoms with Gasteiger partial charge in [0.2, 0.25) is 0 Å². The molecule has 0 fully saturated rings. The molecule has 19 heavy (non-hydrogen) atoms. The van der Waals surface area contributed by atoms with Gasteiger partial charge in [0.25, 0.3) is 0 Å². The molecule has 0 aliphatic heterocycles. The van der Waals surface area contributed by atoms with Crippen LogP contribution in [0.2, 0.25) is 0 Å². The minimum absolute atomic E-state index is 0.0163. The Labute approximate surface area is 129 Å². The molecule has 0 saturated heterocycles. The summed E-state index contributed by atoms with van der Waals surface area (Å²) in [5.74, 6) is 0. The van der Waals surface area contributed by atoms with Crippen LogP contribution in [0, 0.1) is 5.41 Å². The SMILES string of the molecule is CC1=C([SiH2]C2=C(C)C(C)(C)C(Cl)=C2C)C(C)=C(Cl)C1. The summed E-state index contributed by atoms with van der Waals surface area (Å²) in [5, 5.41) is 5.13. The Kier molecular flexibility index (Phi) is 3.94. The van der Waals surface area contributed by atoms with E-state index in [0.717, 1.165) is 16.5 Å². The molecule has 0 amide bonds. The first-order valence-corrected chi connectivity index (χ1v) is 8.96. The molecule has 0 N–H and O–H groups in total. The van der Waals surface area contributed by atoms with Crippen molar-refractivity contribution in [1.82, 2.24) is 0 Å². The summed E-state index contributed by atoms with van der Waals surface area (Å²) in [5.41, 5.74) is 5.57. The first-order chi connectivity index (χ1) is 8.67. The third-order valence-electron chi connectivity index (χ3n) is 4.87. The quantitative estimate of drug-likeness (QED) is 0.617. The Morgan fingerprint density at radius 3 is 1.89 bits per heavy atom. The zero-order chi connectivity index (χ0) is 14.5. The highest BCUT2D eigenvalue weighted by atomic mass is 35.5. The van der Waals surface area contributed by atoms with Gasteiger partial charge in [0.1, 0.15) is 0 Å². The van der Waals surface area contributed by atoms with Gasteiger partial charge in [0, 0.05) is 21.9 Å². The van der Waals surface area contributed by atoms with Crippen molar-refractivity contribution in [2.75, 3.05) is 0 Å². The number of halogens is 2. The highest BCUT2D eigenvalue weighted by molar-refractivity contribution is 6.58. The smallest absolute Gasteiger partial charge is 0.0882 e. The molecule has 3 heteroatoms. The Hall–Kier alpha value is -0.243. The van der Waals surface area contributed by atoms with Crippen LogP contribution in [0.3, 0.4) is 0 Å². The van der Waals surface area contributed by atoms with Crippen LogP contribution in [0.15, 0.2) is 42.7 Å². The van der Waals surface area contributed by atoms with Gasteiger partial charge in [0.15, 0.2) is 0 Å². The van der Waals surface area contributed by atoms with Crippen LogP contribution in [0.5, 0.6) is 0 Å². The molecular formula is C16H22Cl2Si. The molecule has 104 valence electrons. The summed E-state index contributed by atoms with van der Waals surface area (Å²) in [6.45, 7) is 13.2. The maximum Gasteiger partial charge on any atom is 0.0882 e. The Morgan fingerprint density at radius 1 is 0.947 bits per heavy atom. The van der Waals surface area contributed by atoms with Crippen molar-refractivity contribution in [3.8, 4) is 0 Å². The van der Waals surface area contributed by atoms with Crippen LogP contribution in [0.1, 0.15) is 48.0 Å². The monoisotopic (exact) mass is 312 g/mol. The molecule has 0 atom stereocenters. The number of rotatable bonds is 2. The first-order valence-electron chi connectivity index (χ1n) is 6.79. The zero-order valence-corrected chi connectivity index (χ0v) is 15.6. The highest BCUT2D eigenvalue weighted by Crippen LogP contribution is 2.49. The van der Waals surface area contributed by atoms with Crippen molar-refractivity contribution < 1.29 is 0 Å². The second kappa shape index (κ2) is 4.94. The molecule has 0 nitrogen and oxygen atoms in total. The molecule has 0 aromatic heterocycles. The van der Waals surface area contributed by atoms with E-state index in [4.69, 9.17) is 23.2 Å². The third kappa shape index (κ3) is 2.30. The summed E-state index contributed by atoms with van der Waals surface area (Å²) in [4.78, 5) is 0. The van der Waals surface area contributed by atoms with Gasteiger partial charge >= 0.3 is 0 Å². The van der Waals surface area contributed by atoms with Crippen LogP contribution in [0.25, 0.3) is 0 Å². The van der Waals surface area contributed by atoms with Crippen LogP contribution in [0.4, 0.5) is 0 Å². The predicted molar refractivity (Wildman–Crippen MR) is 89.4 cm³/mol. The molecular weight excluding hydrogens is 291 g/mol. The van der Waals surface area contributed by atoms with Gasteiger partial charge in [-0.1, -0.05) is 58.6 Å². The molecule has 0 bridgehead atoms. The van der Waals surface area contributed by atoms with Crippen LogP contribution in [-0.4, -0.2) is 9.52 Å². The van der Waals surface area contributed by atoms with Gasteiger partial charge in [-0.3, -0.25) is 0 Å². The van der Waals surface area contributed by atoms with E-state index in [2.05, 4.69) is 41.5 Å². The predicted octanol–water partition coefficient (Wildman–Crippen LogP) is 5.17. The van der Waals surface area contributed by atoms with Crippen molar-refractivity contribution in [3.05, 3.63) is 42.7 Å². The molecule has 2 rings (SSSR count). The molecule has 0 unspecified atom stereocenters. The largest absolute Gasteiger partial charge is 0.0885 e. The van der Waals surface area contributed by atoms with Crippen molar-refractivity contribution in [2.45, 2.75) is 48.0 Å². The van der Waals surface area contributed by atoms with Crippen molar-refractivity contribution in [3.63, 3.8) is 0 Å². The minimum Gasteiger partial charge on any atom is -0.0885 e. The average Bonchev–Trinajstić information content (AvgIpc) is 2.65. The first kappa shape index (κ1) is 15.2. The van der Waals surface area contributed by atoms with Crippen molar-refractivity contribution in [2.24, 2.45) is 5.41 Å². The van der Waals surface area contributed by atoms with Gasteiger partial charge in [0.05, 0.1) is 9.52 Å². The van der Waals surface area contributed by atoms with Gasteiger partial charge in [-0.2, -0.15) is 0 Å². The van der Waals surface area contributed by atoms with E-state index >= 15 is 0 Å². The van der Waals surface area contributed by atoms with Gasteiger partial charge in [-0.15, -0.1) is 0 Å². The second-order valence-corrected chi connectivity index (χ2v) is 8.91.